The van der Waals surface area contributed by atoms with Crippen molar-refractivity contribution in [1.29, 1.82) is 0 Å². The number of hydrogen-bond donors (Lipinski definition) is 2. The minimum absolute atomic E-state index is 0. The molecule has 1 aromatic carbocycles. The minimum Gasteiger partial charge on any atom is -0.481 e. The van der Waals surface area contributed by atoms with Gasteiger partial charge in [0, 0.05) is 38.0 Å². The number of hydrogen-bond acceptors (Lipinski definition) is 3. The van der Waals surface area contributed by atoms with Crippen LogP contribution in [0.3, 0.4) is 0 Å². The molecule has 0 saturated heterocycles. The highest BCUT2D eigenvalue weighted by Gasteiger charge is 2.09. The molecule has 0 unspecified atom stereocenters. The molecule has 116 valence electrons. The van der Waals surface area contributed by atoms with E-state index < -0.39 is 5.97 Å². The van der Waals surface area contributed by atoms with Crippen LogP contribution in [-0.2, 0) is 18.3 Å². The summed E-state index contributed by atoms with van der Waals surface area (Å²) >= 11 is 5.65. The number of nitrogens with zero attached hydrogens (tertiary/aromatic N) is 2. The molecule has 1 heterocycles. The van der Waals surface area contributed by atoms with Crippen LogP contribution >= 0.6 is 24.0 Å². The Morgan fingerprint density at radius 3 is 2.90 bits per heavy atom. The number of anilines is 1. The van der Waals surface area contributed by atoms with Crippen LogP contribution in [0.1, 0.15) is 18.7 Å². The maximum Gasteiger partial charge on any atom is 0.303 e. The summed E-state index contributed by atoms with van der Waals surface area (Å²) in [5, 5.41) is 11.9. The molecule has 0 aliphatic rings. The predicted octanol–water partition coefficient (Wildman–Crippen LogP) is 3.05. The van der Waals surface area contributed by atoms with E-state index in [2.05, 4.69) is 10.3 Å². The van der Waals surface area contributed by atoms with Crippen LogP contribution in [0.15, 0.2) is 18.2 Å². The fraction of sp³-hybridized carbons (Fsp3) is 0.429. The van der Waals surface area contributed by atoms with Gasteiger partial charge in [-0.2, -0.15) is 0 Å². The van der Waals surface area contributed by atoms with Gasteiger partial charge in [-0.05, 0) is 24.6 Å². The molecule has 0 atom stereocenters. The highest BCUT2D eigenvalue weighted by Crippen LogP contribution is 2.20. The molecule has 0 amide bonds. The van der Waals surface area contributed by atoms with Crippen LogP contribution in [0, 0.1) is 0 Å². The van der Waals surface area contributed by atoms with Crippen molar-refractivity contribution in [3.63, 3.8) is 0 Å². The zero-order chi connectivity index (χ0) is 14.5. The molecule has 0 spiro atoms. The van der Waals surface area contributed by atoms with E-state index in [1.807, 2.05) is 29.8 Å². The van der Waals surface area contributed by atoms with E-state index in [1.54, 1.807) is 0 Å². The highest BCUT2D eigenvalue weighted by molar-refractivity contribution is 6.18. The second kappa shape index (κ2) is 8.10. The number of benzene rings is 1. The fourth-order valence-corrected chi connectivity index (χ4v) is 2.27. The summed E-state index contributed by atoms with van der Waals surface area (Å²) < 4.78 is 2.02. The second-order valence-corrected chi connectivity index (χ2v) is 5.03. The third-order valence-corrected chi connectivity index (χ3v) is 3.38. The van der Waals surface area contributed by atoms with Gasteiger partial charge in [0.25, 0.3) is 0 Å². The number of rotatable bonds is 7. The highest BCUT2D eigenvalue weighted by atomic mass is 35.5. The van der Waals surface area contributed by atoms with E-state index in [4.69, 9.17) is 16.7 Å². The number of carboxylic acids is 1. The third-order valence-electron chi connectivity index (χ3n) is 3.19. The molecule has 0 fully saturated rings. The Morgan fingerprint density at radius 2 is 2.24 bits per heavy atom. The Kier molecular flexibility index (Phi) is 6.78. The summed E-state index contributed by atoms with van der Waals surface area (Å²) in [6.45, 7) is 0.714. The number of nitrogens with one attached hydrogen (secondary N) is 1. The van der Waals surface area contributed by atoms with Crippen LogP contribution in [0.25, 0.3) is 11.0 Å². The van der Waals surface area contributed by atoms with Gasteiger partial charge in [-0.1, -0.05) is 0 Å². The predicted molar refractivity (Wildman–Crippen MR) is 87.7 cm³/mol. The molecule has 0 saturated carbocycles. The Labute approximate surface area is 134 Å². The number of imidazole rings is 1. The number of carboxylic acid groups (broad SMARTS) is 1. The zero-order valence-electron chi connectivity index (χ0n) is 11.8. The number of fused-ring (bicyclic) bond motifs is 1. The number of aryl methyl sites for hydroxylation is 2. The summed E-state index contributed by atoms with van der Waals surface area (Å²) in [4.78, 5) is 15.1. The third kappa shape index (κ3) is 4.51. The smallest absolute Gasteiger partial charge is 0.303 e. The molecule has 0 bridgehead atoms. The lowest BCUT2D eigenvalue weighted by atomic mass is 10.2. The zero-order valence-corrected chi connectivity index (χ0v) is 13.4. The molecule has 1 aromatic heterocycles. The molecule has 0 aliphatic heterocycles. The topological polar surface area (TPSA) is 67.2 Å². The average molecular weight is 332 g/mol. The number of alkyl halides is 1. The van der Waals surface area contributed by atoms with Crippen molar-refractivity contribution in [3.05, 3.63) is 24.0 Å². The number of aliphatic carboxylic acids is 1. The van der Waals surface area contributed by atoms with E-state index in [-0.39, 0.29) is 18.8 Å². The van der Waals surface area contributed by atoms with Gasteiger partial charge in [0.05, 0.1) is 11.0 Å². The van der Waals surface area contributed by atoms with E-state index in [0.29, 0.717) is 25.3 Å². The van der Waals surface area contributed by atoms with Crippen LogP contribution < -0.4 is 5.32 Å². The van der Waals surface area contributed by atoms with Crippen molar-refractivity contribution in [3.8, 4) is 0 Å². The molecule has 5 nitrogen and oxygen atoms in total. The fourth-order valence-electron chi connectivity index (χ4n) is 2.17. The molecule has 0 aliphatic carbocycles. The second-order valence-electron chi connectivity index (χ2n) is 4.65. The van der Waals surface area contributed by atoms with Gasteiger partial charge in [0.1, 0.15) is 5.82 Å². The van der Waals surface area contributed by atoms with Crippen molar-refractivity contribution in [2.75, 3.05) is 17.7 Å². The number of halogens is 2. The molecule has 7 heteroatoms. The summed E-state index contributed by atoms with van der Waals surface area (Å²) in [5.41, 5.74) is 2.96. The minimum atomic E-state index is -0.767. The lowest BCUT2D eigenvalue weighted by molar-refractivity contribution is -0.137. The molecular weight excluding hydrogens is 313 g/mol. The molecule has 2 rings (SSSR count). The van der Waals surface area contributed by atoms with Crippen molar-refractivity contribution in [2.45, 2.75) is 19.3 Å². The molecular formula is C14H19Cl2N3O2. The lowest BCUT2D eigenvalue weighted by Crippen LogP contribution is -2.02. The van der Waals surface area contributed by atoms with Gasteiger partial charge in [0.15, 0.2) is 0 Å². The van der Waals surface area contributed by atoms with Crippen LogP contribution in [-0.4, -0.2) is 33.1 Å². The van der Waals surface area contributed by atoms with Crippen molar-refractivity contribution in [2.24, 2.45) is 7.05 Å². The van der Waals surface area contributed by atoms with E-state index in [9.17, 15) is 4.79 Å². The first-order valence-electron chi connectivity index (χ1n) is 6.59. The average Bonchev–Trinajstić information content (AvgIpc) is 2.72. The van der Waals surface area contributed by atoms with Crippen LogP contribution in [0.5, 0.6) is 0 Å². The van der Waals surface area contributed by atoms with Gasteiger partial charge in [-0.3, -0.25) is 4.79 Å². The molecule has 0 radical (unpaired) electrons. The first-order chi connectivity index (χ1) is 9.61. The first-order valence-corrected chi connectivity index (χ1v) is 7.12. The van der Waals surface area contributed by atoms with Gasteiger partial charge in [-0.15, -0.1) is 24.0 Å². The quantitative estimate of drug-likeness (QED) is 0.765. The number of aromatic nitrogens is 2. The van der Waals surface area contributed by atoms with Gasteiger partial charge >= 0.3 is 5.97 Å². The standard InChI is InChI=1S/C14H18ClN3O2.ClH/c1-18-12-6-5-10(16-8-7-15)9-11(12)17-13(18)3-2-4-14(19)20;/h5-6,9,16H,2-4,7-8H2,1H3,(H,19,20);1H. The summed E-state index contributed by atoms with van der Waals surface area (Å²) in [6.07, 6.45) is 1.44. The van der Waals surface area contributed by atoms with E-state index in [0.717, 1.165) is 22.5 Å². The maximum absolute atomic E-state index is 10.5. The molecule has 2 aromatic rings. The van der Waals surface area contributed by atoms with Gasteiger partial charge in [-0.25, -0.2) is 4.98 Å². The molecule has 21 heavy (non-hydrogen) atoms. The largest absolute Gasteiger partial charge is 0.481 e. The first kappa shape index (κ1) is 17.6. The Balaban J connectivity index is 0.00000220. The van der Waals surface area contributed by atoms with Crippen LogP contribution in [0.2, 0.25) is 0 Å². The van der Waals surface area contributed by atoms with Crippen molar-refractivity contribution in [1.82, 2.24) is 9.55 Å². The monoisotopic (exact) mass is 331 g/mol. The van der Waals surface area contributed by atoms with Crippen molar-refractivity contribution < 1.29 is 9.90 Å². The molecule has 2 N–H and O–H groups in total. The summed E-state index contributed by atoms with van der Waals surface area (Å²) in [6, 6.07) is 6.00. The van der Waals surface area contributed by atoms with Crippen LogP contribution in [0.4, 0.5) is 5.69 Å². The van der Waals surface area contributed by atoms with E-state index >= 15 is 0 Å². The Hall–Kier alpha value is -1.46. The van der Waals surface area contributed by atoms with Gasteiger partial charge < -0.3 is 15.0 Å². The SMILES string of the molecule is Cl.Cn1c(CCCC(=O)O)nc2cc(NCCCl)ccc21. The Bertz CT molecular complexity index is 614. The Morgan fingerprint density at radius 1 is 1.48 bits per heavy atom. The van der Waals surface area contributed by atoms with Gasteiger partial charge in [0.2, 0.25) is 0 Å². The van der Waals surface area contributed by atoms with E-state index in [1.165, 1.54) is 0 Å². The lowest BCUT2D eigenvalue weighted by Gasteiger charge is -2.04. The summed E-state index contributed by atoms with van der Waals surface area (Å²) in [5.74, 6) is 0.702. The maximum atomic E-state index is 10.5. The summed E-state index contributed by atoms with van der Waals surface area (Å²) in [7, 11) is 1.96. The number of carbonyl (C=O) groups is 1. The van der Waals surface area contributed by atoms with Crippen molar-refractivity contribution >= 4 is 46.7 Å². The normalized spacial score (nSPS) is 10.4.